The molecule has 0 aromatic heterocycles. The topological polar surface area (TPSA) is 12.0 Å². The molecule has 0 bridgehead atoms. The molecule has 0 aliphatic heterocycles. The molecule has 2 unspecified atom stereocenters. The molecule has 2 rings (SSSR count). The summed E-state index contributed by atoms with van der Waals surface area (Å²) in [4.78, 5) is 0. The predicted octanol–water partition coefficient (Wildman–Crippen LogP) is 4.13. The smallest absolute Gasteiger partial charge is 0.00104 e. The van der Waals surface area contributed by atoms with Crippen molar-refractivity contribution in [2.75, 3.05) is 6.54 Å². The first kappa shape index (κ1) is 13.6. The number of nitrogens with one attached hydrogen (secondary N) is 1. The second-order valence-electron chi connectivity index (χ2n) is 6.00. The van der Waals surface area contributed by atoms with Crippen LogP contribution in [0.5, 0.6) is 0 Å². The third-order valence-corrected chi connectivity index (χ3v) is 4.15. The first-order valence-electron chi connectivity index (χ1n) is 7.53. The molecule has 1 aliphatic carbocycles. The summed E-state index contributed by atoms with van der Waals surface area (Å²) in [6, 6.07) is 9.97. The van der Waals surface area contributed by atoms with Crippen molar-refractivity contribution < 1.29 is 0 Å². The second kappa shape index (κ2) is 6.38. The molecule has 0 spiro atoms. The summed E-state index contributed by atoms with van der Waals surface area (Å²) in [5, 5.41) is 3.58. The predicted molar refractivity (Wildman–Crippen MR) is 79.0 cm³/mol. The molecule has 1 heteroatoms. The highest BCUT2D eigenvalue weighted by Gasteiger charge is 2.31. The molecule has 100 valence electrons. The van der Waals surface area contributed by atoms with Crippen molar-refractivity contribution in [2.45, 2.75) is 58.4 Å². The maximum atomic E-state index is 3.58. The van der Waals surface area contributed by atoms with E-state index in [0.29, 0.717) is 6.04 Å². The number of aryl methyl sites for hydroxylation is 1. The minimum absolute atomic E-state index is 0.609. The minimum atomic E-state index is 0.609. The Balaban J connectivity index is 1.90. The Hall–Kier alpha value is -0.820. The van der Waals surface area contributed by atoms with Crippen LogP contribution in [-0.4, -0.2) is 12.6 Å². The Morgan fingerprint density at radius 3 is 2.39 bits per heavy atom. The van der Waals surface area contributed by atoms with Gasteiger partial charge in [0.25, 0.3) is 0 Å². The van der Waals surface area contributed by atoms with Crippen molar-refractivity contribution in [1.82, 2.24) is 5.32 Å². The molecule has 18 heavy (non-hydrogen) atoms. The summed E-state index contributed by atoms with van der Waals surface area (Å²) in [6.07, 6.45) is 5.21. The van der Waals surface area contributed by atoms with Crippen LogP contribution in [0.4, 0.5) is 0 Å². The molecule has 1 fully saturated rings. The van der Waals surface area contributed by atoms with Gasteiger partial charge in [0.05, 0.1) is 0 Å². The van der Waals surface area contributed by atoms with E-state index in [1.54, 1.807) is 5.56 Å². The van der Waals surface area contributed by atoms with Crippen LogP contribution in [-0.2, 0) is 6.42 Å². The van der Waals surface area contributed by atoms with Gasteiger partial charge in [-0.15, -0.1) is 0 Å². The molecular formula is C17H27N. The van der Waals surface area contributed by atoms with E-state index in [1.165, 1.54) is 37.8 Å². The summed E-state index contributed by atoms with van der Waals surface area (Å²) < 4.78 is 0. The van der Waals surface area contributed by atoms with Gasteiger partial charge < -0.3 is 5.32 Å². The zero-order valence-corrected chi connectivity index (χ0v) is 12.1. The highest BCUT2D eigenvalue weighted by molar-refractivity contribution is 5.27. The van der Waals surface area contributed by atoms with Crippen molar-refractivity contribution in [3.8, 4) is 0 Å². The lowest BCUT2D eigenvalue weighted by Gasteiger charge is -2.38. The first-order chi connectivity index (χ1) is 8.70. The lowest BCUT2D eigenvalue weighted by atomic mass is 9.70. The molecule has 2 atom stereocenters. The van der Waals surface area contributed by atoms with Crippen LogP contribution >= 0.6 is 0 Å². The van der Waals surface area contributed by atoms with E-state index in [0.717, 1.165) is 11.8 Å². The molecule has 1 aliphatic rings. The molecular weight excluding hydrogens is 218 g/mol. The van der Waals surface area contributed by atoms with E-state index in [1.807, 2.05) is 0 Å². The number of hydrogen-bond donors (Lipinski definition) is 1. The maximum absolute atomic E-state index is 3.58. The summed E-state index contributed by atoms with van der Waals surface area (Å²) in [5.74, 6) is 1.65. The van der Waals surface area contributed by atoms with Gasteiger partial charge in [-0.1, -0.05) is 51.5 Å². The number of rotatable bonds is 6. The van der Waals surface area contributed by atoms with Crippen molar-refractivity contribution in [3.63, 3.8) is 0 Å². The molecule has 0 saturated heterocycles. The molecule has 1 aromatic carbocycles. The standard InChI is InChI=1S/C17H27N/c1-4-5-14-6-8-15(9-7-14)17-11-10-16(17)12-18-13(2)3/h6-9,13,16-18H,4-5,10-12H2,1-3H3. The lowest BCUT2D eigenvalue weighted by Crippen LogP contribution is -2.36. The normalized spacial score (nSPS) is 23.1. The van der Waals surface area contributed by atoms with Crippen LogP contribution in [0, 0.1) is 5.92 Å². The van der Waals surface area contributed by atoms with E-state index in [-0.39, 0.29) is 0 Å². The van der Waals surface area contributed by atoms with Crippen LogP contribution in [0.15, 0.2) is 24.3 Å². The maximum Gasteiger partial charge on any atom is 0.00104 e. The van der Waals surface area contributed by atoms with E-state index in [2.05, 4.69) is 50.4 Å². The molecule has 1 nitrogen and oxygen atoms in total. The Kier molecular flexibility index (Phi) is 4.82. The molecule has 0 amide bonds. The van der Waals surface area contributed by atoms with Gasteiger partial charge in [-0.25, -0.2) is 0 Å². The van der Waals surface area contributed by atoms with Crippen molar-refractivity contribution in [1.29, 1.82) is 0 Å². The average Bonchev–Trinajstić information content (AvgIpc) is 2.30. The zero-order valence-electron chi connectivity index (χ0n) is 12.1. The third kappa shape index (κ3) is 3.35. The van der Waals surface area contributed by atoms with Crippen molar-refractivity contribution >= 4 is 0 Å². The third-order valence-electron chi connectivity index (χ3n) is 4.15. The highest BCUT2D eigenvalue weighted by Crippen LogP contribution is 2.42. The number of benzene rings is 1. The van der Waals surface area contributed by atoms with Gasteiger partial charge >= 0.3 is 0 Å². The zero-order chi connectivity index (χ0) is 13.0. The van der Waals surface area contributed by atoms with Crippen LogP contribution in [0.25, 0.3) is 0 Å². The monoisotopic (exact) mass is 245 g/mol. The van der Waals surface area contributed by atoms with E-state index < -0.39 is 0 Å². The van der Waals surface area contributed by atoms with Gasteiger partial charge in [0.1, 0.15) is 0 Å². The summed E-state index contributed by atoms with van der Waals surface area (Å²) in [5.41, 5.74) is 3.04. The highest BCUT2D eigenvalue weighted by atomic mass is 14.9. The average molecular weight is 245 g/mol. The molecule has 1 saturated carbocycles. The lowest BCUT2D eigenvalue weighted by molar-refractivity contribution is 0.241. The summed E-state index contributed by atoms with van der Waals surface area (Å²) >= 11 is 0. The molecule has 0 radical (unpaired) electrons. The van der Waals surface area contributed by atoms with E-state index in [4.69, 9.17) is 0 Å². The van der Waals surface area contributed by atoms with Gasteiger partial charge in [-0.05, 0) is 48.8 Å². The van der Waals surface area contributed by atoms with E-state index >= 15 is 0 Å². The molecule has 0 heterocycles. The molecule has 1 N–H and O–H groups in total. The SMILES string of the molecule is CCCc1ccc(C2CCC2CNC(C)C)cc1. The summed E-state index contributed by atoms with van der Waals surface area (Å²) in [6.45, 7) is 7.88. The molecule has 1 aromatic rings. The van der Waals surface area contributed by atoms with Crippen LogP contribution in [0.2, 0.25) is 0 Å². The van der Waals surface area contributed by atoms with Gasteiger partial charge in [-0.2, -0.15) is 0 Å². The Morgan fingerprint density at radius 1 is 1.17 bits per heavy atom. The Labute approximate surface area is 112 Å². The van der Waals surface area contributed by atoms with Gasteiger partial charge in [0.15, 0.2) is 0 Å². The largest absolute Gasteiger partial charge is 0.314 e. The number of hydrogen-bond acceptors (Lipinski definition) is 1. The summed E-state index contributed by atoms with van der Waals surface area (Å²) in [7, 11) is 0. The fourth-order valence-corrected chi connectivity index (χ4v) is 2.86. The van der Waals surface area contributed by atoms with Gasteiger partial charge in [0, 0.05) is 6.04 Å². The Bertz CT molecular complexity index is 352. The minimum Gasteiger partial charge on any atom is -0.314 e. The van der Waals surface area contributed by atoms with Crippen LogP contribution in [0.1, 0.15) is 57.1 Å². The quantitative estimate of drug-likeness (QED) is 0.794. The first-order valence-corrected chi connectivity index (χ1v) is 7.53. The second-order valence-corrected chi connectivity index (χ2v) is 6.00. The van der Waals surface area contributed by atoms with Gasteiger partial charge in [-0.3, -0.25) is 0 Å². The van der Waals surface area contributed by atoms with Crippen molar-refractivity contribution in [3.05, 3.63) is 35.4 Å². The van der Waals surface area contributed by atoms with Gasteiger partial charge in [0.2, 0.25) is 0 Å². The fourth-order valence-electron chi connectivity index (χ4n) is 2.86. The van der Waals surface area contributed by atoms with Crippen molar-refractivity contribution in [2.24, 2.45) is 5.92 Å². The van der Waals surface area contributed by atoms with Crippen LogP contribution in [0.3, 0.4) is 0 Å². The Morgan fingerprint density at radius 2 is 1.89 bits per heavy atom. The van der Waals surface area contributed by atoms with Crippen LogP contribution < -0.4 is 5.32 Å². The fraction of sp³-hybridized carbons (Fsp3) is 0.647. The van der Waals surface area contributed by atoms with E-state index in [9.17, 15) is 0 Å².